The van der Waals surface area contributed by atoms with Gasteiger partial charge in [-0.05, 0) is 36.6 Å². The summed E-state index contributed by atoms with van der Waals surface area (Å²) >= 11 is 0. The first-order valence-electron chi connectivity index (χ1n) is 8.49. The lowest BCUT2D eigenvalue weighted by molar-refractivity contribution is -0.120. The zero-order valence-electron chi connectivity index (χ0n) is 14.5. The van der Waals surface area contributed by atoms with Crippen LogP contribution in [0.25, 0.3) is 0 Å². The molecule has 0 saturated heterocycles. The van der Waals surface area contributed by atoms with Crippen LogP contribution in [0.2, 0.25) is 0 Å². The molecule has 0 bridgehead atoms. The first-order chi connectivity index (χ1) is 12.2. The van der Waals surface area contributed by atoms with Crippen molar-refractivity contribution < 1.29 is 14.3 Å². The Morgan fingerprint density at radius 1 is 0.920 bits per heavy atom. The predicted molar refractivity (Wildman–Crippen MR) is 99.6 cm³/mol. The molecule has 0 fully saturated rings. The molecule has 2 aromatic carbocycles. The third-order valence-corrected chi connectivity index (χ3v) is 3.52. The molecule has 0 saturated carbocycles. The molecule has 0 aromatic heterocycles. The number of benzene rings is 2. The SMILES string of the molecule is CCCC(=O)Nc1cccc(NC(=O)COCCc2ccccc2)c1. The van der Waals surface area contributed by atoms with E-state index in [0.717, 1.165) is 12.8 Å². The zero-order valence-corrected chi connectivity index (χ0v) is 14.5. The van der Waals surface area contributed by atoms with Crippen molar-refractivity contribution in [3.05, 3.63) is 60.2 Å². The monoisotopic (exact) mass is 340 g/mol. The lowest BCUT2D eigenvalue weighted by Crippen LogP contribution is -2.19. The van der Waals surface area contributed by atoms with Gasteiger partial charge in [0.05, 0.1) is 6.61 Å². The Kier molecular flexibility index (Phi) is 7.66. The summed E-state index contributed by atoms with van der Waals surface area (Å²) < 4.78 is 5.42. The zero-order chi connectivity index (χ0) is 17.9. The van der Waals surface area contributed by atoms with Crippen LogP contribution in [0.5, 0.6) is 0 Å². The average Bonchev–Trinajstić information content (AvgIpc) is 2.60. The minimum Gasteiger partial charge on any atom is -0.371 e. The van der Waals surface area contributed by atoms with Crippen LogP contribution in [-0.4, -0.2) is 25.0 Å². The number of ether oxygens (including phenoxy) is 1. The van der Waals surface area contributed by atoms with Crippen molar-refractivity contribution in [2.75, 3.05) is 23.8 Å². The summed E-state index contributed by atoms with van der Waals surface area (Å²) in [6.07, 6.45) is 2.04. The number of rotatable bonds is 9. The molecule has 25 heavy (non-hydrogen) atoms. The van der Waals surface area contributed by atoms with Crippen LogP contribution in [0.15, 0.2) is 54.6 Å². The molecule has 0 aliphatic carbocycles. The molecule has 0 radical (unpaired) electrons. The number of amides is 2. The molecule has 0 atom stereocenters. The van der Waals surface area contributed by atoms with Crippen LogP contribution in [0.1, 0.15) is 25.3 Å². The Bertz CT molecular complexity index is 686. The van der Waals surface area contributed by atoms with E-state index in [4.69, 9.17) is 4.74 Å². The Morgan fingerprint density at radius 3 is 2.28 bits per heavy atom. The highest BCUT2D eigenvalue weighted by Crippen LogP contribution is 2.15. The van der Waals surface area contributed by atoms with E-state index in [1.54, 1.807) is 24.3 Å². The van der Waals surface area contributed by atoms with Gasteiger partial charge in [0.2, 0.25) is 11.8 Å². The first-order valence-corrected chi connectivity index (χ1v) is 8.49. The van der Waals surface area contributed by atoms with Crippen molar-refractivity contribution in [1.29, 1.82) is 0 Å². The van der Waals surface area contributed by atoms with Crippen molar-refractivity contribution in [1.82, 2.24) is 0 Å². The molecule has 0 heterocycles. The number of hydrogen-bond donors (Lipinski definition) is 2. The van der Waals surface area contributed by atoms with Crippen LogP contribution < -0.4 is 10.6 Å². The van der Waals surface area contributed by atoms with Crippen LogP contribution in [0.3, 0.4) is 0 Å². The molecule has 2 rings (SSSR count). The minimum atomic E-state index is -0.218. The van der Waals surface area contributed by atoms with Crippen molar-refractivity contribution in [2.24, 2.45) is 0 Å². The minimum absolute atomic E-state index is 0.000739. The average molecular weight is 340 g/mol. The Balaban J connectivity index is 1.73. The highest BCUT2D eigenvalue weighted by molar-refractivity contribution is 5.94. The number of carbonyl (C=O) groups is 2. The van der Waals surface area contributed by atoms with E-state index in [-0.39, 0.29) is 18.4 Å². The van der Waals surface area contributed by atoms with Crippen LogP contribution >= 0.6 is 0 Å². The fourth-order valence-corrected chi connectivity index (χ4v) is 2.32. The van der Waals surface area contributed by atoms with Gasteiger partial charge in [0.25, 0.3) is 0 Å². The molecular formula is C20H24N2O3. The highest BCUT2D eigenvalue weighted by atomic mass is 16.5. The second-order valence-electron chi connectivity index (χ2n) is 5.72. The van der Waals surface area contributed by atoms with Crippen LogP contribution in [0, 0.1) is 0 Å². The first kappa shape index (κ1) is 18.7. The summed E-state index contributed by atoms with van der Waals surface area (Å²) in [6, 6.07) is 17.1. The molecule has 0 aliphatic heterocycles. The van der Waals surface area contributed by atoms with Gasteiger partial charge in [-0.15, -0.1) is 0 Å². The molecule has 5 heteroatoms. The van der Waals surface area contributed by atoms with Gasteiger partial charge in [0, 0.05) is 17.8 Å². The van der Waals surface area contributed by atoms with Gasteiger partial charge in [-0.25, -0.2) is 0 Å². The molecular weight excluding hydrogens is 316 g/mol. The number of carbonyl (C=O) groups excluding carboxylic acids is 2. The molecule has 0 spiro atoms. The van der Waals surface area contributed by atoms with Gasteiger partial charge >= 0.3 is 0 Å². The van der Waals surface area contributed by atoms with E-state index < -0.39 is 0 Å². The van der Waals surface area contributed by atoms with Gasteiger partial charge in [0.1, 0.15) is 6.61 Å². The standard InChI is InChI=1S/C20H24N2O3/c1-2-7-19(23)21-17-10-6-11-18(14-17)22-20(24)15-25-13-12-16-8-4-3-5-9-16/h3-6,8-11,14H,2,7,12-13,15H2,1H3,(H,21,23)(H,22,24). The van der Waals surface area contributed by atoms with Gasteiger partial charge < -0.3 is 15.4 Å². The molecule has 132 valence electrons. The summed E-state index contributed by atoms with van der Waals surface area (Å²) in [5.41, 5.74) is 2.48. The largest absolute Gasteiger partial charge is 0.371 e. The van der Waals surface area contributed by atoms with E-state index >= 15 is 0 Å². The fraction of sp³-hybridized carbons (Fsp3) is 0.300. The summed E-state index contributed by atoms with van der Waals surface area (Å²) in [4.78, 5) is 23.6. The Morgan fingerprint density at radius 2 is 1.60 bits per heavy atom. The van der Waals surface area contributed by atoms with Crippen LogP contribution in [-0.2, 0) is 20.7 Å². The second kappa shape index (κ2) is 10.3. The maximum absolute atomic E-state index is 11.9. The fourth-order valence-electron chi connectivity index (χ4n) is 2.32. The van der Waals surface area contributed by atoms with Gasteiger partial charge in [-0.1, -0.05) is 43.3 Å². The molecule has 0 aliphatic rings. The van der Waals surface area contributed by atoms with Crippen LogP contribution in [0.4, 0.5) is 11.4 Å². The number of hydrogen-bond acceptors (Lipinski definition) is 3. The second-order valence-corrected chi connectivity index (χ2v) is 5.72. The quantitative estimate of drug-likeness (QED) is 0.685. The third-order valence-electron chi connectivity index (χ3n) is 3.52. The highest BCUT2D eigenvalue weighted by Gasteiger charge is 2.05. The number of nitrogens with one attached hydrogen (secondary N) is 2. The molecule has 2 N–H and O–H groups in total. The van der Waals surface area contributed by atoms with E-state index in [1.165, 1.54) is 5.56 Å². The summed E-state index contributed by atoms with van der Waals surface area (Å²) in [5, 5.41) is 5.58. The van der Waals surface area contributed by atoms with Crippen molar-refractivity contribution in [3.8, 4) is 0 Å². The normalized spacial score (nSPS) is 10.3. The van der Waals surface area contributed by atoms with E-state index in [2.05, 4.69) is 10.6 Å². The maximum atomic E-state index is 11.9. The molecule has 5 nitrogen and oxygen atoms in total. The smallest absolute Gasteiger partial charge is 0.250 e. The summed E-state index contributed by atoms with van der Waals surface area (Å²) in [7, 11) is 0. The maximum Gasteiger partial charge on any atom is 0.250 e. The van der Waals surface area contributed by atoms with Gasteiger partial charge in [0.15, 0.2) is 0 Å². The Hall–Kier alpha value is -2.66. The topological polar surface area (TPSA) is 67.4 Å². The van der Waals surface area contributed by atoms with Crippen molar-refractivity contribution in [3.63, 3.8) is 0 Å². The summed E-state index contributed by atoms with van der Waals surface area (Å²) in [5.74, 6) is -0.250. The predicted octanol–water partition coefficient (Wildman–Crippen LogP) is 3.62. The summed E-state index contributed by atoms with van der Waals surface area (Å²) in [6.45, 7) is 2.44. The third kappa shape index (κ3) is 7.18. The van der Waals surface area contributed by atoms with E-state index in [0.29, 0.717) is 24.4 Å². The van der Waals surface area contributed by atoms with E-state index in [1.807, 2.05) is 37.3 Å². The Labute approximate surface area is 148 Å². The van der Waals surface area contributed by atoms with E-state index in [9.17, 15) is 9.59 Å². The van der Waals surface area contributed by atoms with Crippen molar-refractivity contribution in [2.45, 2.75) is 26.2 Å². The molecule has 2 aromatic rings. The van der Waals surface area contributed by atoms with Crippen molar-refractivity contribution >= 4 is 23.2 Å². The molecule has 2 amide bonds. The number of anilines is 2. The van der Waals surface area contributed by atoms with Gasteiger partial charge in [-0.3, -0.25) is 9.59 Å². The van der Waals surface area contributed by atoms with Gasteiger partial charge in [-0.2, -0.15) is 0 Å². The molecule has 0 unspecified atom stereocenters. The lowest BCUT2D eigenvalue weighted by Gasteiger charge is -2.09. The lowest BCUT2D eigenvalue weighted by atomic mass is 10.2.